The second-order valence-electron chi connectivity index (χ2n) is 7.51. The Morgan fingerprint density at radius 2 is 1.61 bits per heavy atom. The van der Waals surface area contributed by atoms with E-state index in [1.807, 2.05) is 62.4 Å². The van der Waals surface area contributed by atoms with Gasteiger partial charge in [-0.05, 0) is 53.9 Å². The average Bonchev–Trinajstić information content (AvgIpc) is 2.80. The molecule has 4 rings (SSSR count). The Morgan fingerprint density at radius 3 is 2.36 bits per heavy atom. The van der Waals surface area contributed by atoms with E-state index in [-0.39, 0.29) is 11.4 Å². The van der Waals surface area contributed by atoms with Gasteiger partial charge in [0.15, 0.2) is 0 Å². The molecular formula is C25H19N3O5. The Bertz CT molecular complexity index is 1430. The first-order valence-electron chi connectivity index (χ1n) is 10.1. The van der Waals surface area contributed by atoms with Crippen LogP contribution in [0.4, 0.5) is 17.1 Å². The fraction of sp³-hybridized carbons (Fsp3) is 0.0800. The molecule has 0 N–H and O–H groups in total. The summed E-state index contributed by atoms with van der Waals surface area (Å²) in [5.41, 5.74) is 2.64. The van der Waals surface area contributed by atoms with Gasteiger partial charge < -0.3 is 4.74 Å². The minimum Gasteiger partial charge on any atom is -0.449 e. The third-order valence-corrected chi connectivity index (χ3v) is 5.20. The van der Waals surface area contributed by atoms with Crippen LogP contribution in [0.5, 0.6) is 11.5 Å². The van der Waals surface area contributed by atoms with E-state index in [4.69, 9.17) is 4.74 Å². The van der Waals surface area contributed by atoms with Gasteiger partial charge in [-0.15, -0.1) is 0 Å². The summed E-state index contributed by atoms with van der Waals surface area (Å²) < 4.78 is 5.93. The number of benzene rings is 4. The molecule has 0 aliphatic heterocycles. The van der Waals surface area contributed by atoms with Gasteiger partial charge in [0.1, 0.15) is 5.75 Å². The molecule has 33 heavy (non-hydrogen) atoms. The number of hydrogen-bond acceptors (Lipinski definition) is 6. The fourth-order valence-corrected chi connectivity index (χ4v) is 3.46. The van der Waals surface area contributed by atoms with E-state index in [0.717, 1.165) is 33.7 Å². The molecule has 0 fully saturated rings. The Balaban J connectivity index is 1.84. The normalized spacial score (nSPS) is 11.1. The van der Waals surface area contributed by atoms with Crippen LogP contribution < -0.4 is 4.74 Å². The van der Waals surface area contributed by atoms with Crippen LogP contribution in [-0.2, 0) is 0 Å². The number of hydrogen-bond donors (Lipinski definition) is 0. The highest BCUT2D eigenvalue weighted by molar-refractivity contribution is 6.03. The molecule has 0 saturated heterocycles. The van der Waals surface area contributed by atoms with E-state index < -0.39 is 15.5 Å². The summed E-state index contributed by atoms with van der Waals surface area (Å²) in [7, 11) is 0. The summed E-state index contributed by atoms with van der Waals surface area (Å²) in [5, 5.41) is 24.4. The molecular weight excluding hydrogens is 422 g/mol. The molecule has 0 saturated carbocycles. The maximum Gasteiger partial charge on any atom is 0.318 e. The third-order valence-electron chi connectivity index (χ3n) is 5.20. The monoisotopic (exact) mass is 441 g/mol. The fourth-order valence-electron chi connectivity index (χ4n) is 3.46. The van der Waals surface area contributed by atoms with Gasteiger partial charge in [0.05, 0.1) is 21.6 Å². The van der Waals surface area contributed by atoms with Crippen LogP contribution in [0.2, 0.25) is 0 Å². The molecule has 0 amide bonds. The number of ether oxygens (including phenoxy) is 1. The first-order valence-corrected chi connectivity index (χ1v) is 10.1. The van der Waals surface area contributed by atoms with Crippen LogP contribution in [0.25, 0.3) is 10.8 Å². The topological polar surface area (TPSA) is 108 Å². The van der Waals surface area contributed by atoms with Gasteiger partial charge in [-0.25, -0.2) is 0 Å². The Hall–Kier alpha value is -4.59. The molecule has 0 spiro atoms. The zero-order chi connectivity index (χ0) is 23.5. The smallest absolute Gasteiger partial charge is 0.318 e. The molecule has 0 atom stereocenters. The molecule has 0 bridgehead atoms. The molecule has 0 aromatic heterocycles. The summed E-state index contributed by atoms with van der Waals surface area (Å²) in [5.74, 6) is 0.252. The first kappa shape index (κ1) is 21.6. The maximum atomic E-state index is 11.5. The van der Waals surface area contributed by atoms with Gasteiger partial charge >= 0.3 is 5.69 Å². The first-order chi connectivity index (χ1) is 15.8. The summed E-state index contributed by atoms with van der Waals surface area (Å²) >= 11 is 0. The summed E-state index contributed by atoms with van der Waals surface area (Å²) in [4.78, 5) is 25.9. The molecule has 0 aliphatic carbocycles. The van der Waals surface area contributed by atoms with Crippen molar-refractivity contribution < 1.29 is 14.6 Å². The zero-order valence-electron chi connectivity index (χ0n) is 17.9. The molecule has 4 aromatic rings. The molecule has 8 heteroatoms. The second kappa shape index (κ2) is 8.88. The van der Waals surface area contributed by atoms with Crippen LogP contribution in [0.1, 0.15) is 16.7 Å². The van der Waals surface area contributed by atoms with Crippen molar-refractivity contribution in [2.45, 2.75) is 13.8 Å². The van der Waals surface area contributed by atoms with Gasteiger partial charge in [-0.2, -0.15) is 0 Å². The van der Waals surface area contributed by atoms with E-state index in [1.165, 1.54) is 12.1 Å². The van der Waals surface area contributed by atoms with Gasteiger partial charge in [-0.1, -0.05) is 42.5 Å². The number of nitro benzene ring substituents is 2. The van der Waals surface area contributed by atoms with Crippen LogP contribution in [0, 0.1) is 34.1 Å². The molecule has 0 heterocycles. The van der Waals surface area contributed by atoms with Crippen molar-refractivity contribution in [3.63, 3.8) is 0 Å². The number of nitro groups is 2. The van der Waals surface area contributed by atoms with Crippen molar-refractivity contribution in [2.24, 2.45) is 4.99 Å². The second-order valence-corrected chi connectivity index (χ2v) is 7.51. The van der Waals surface area contributed by atoms with Gasteiger partial charge in [0.25, 0.3) is 5.69 Å². The van der Waals surface area contributed by atoms with Crippen LogP contribution >= 0.6 is 0 Å². The summed E-state index contributed by atoms with van der Waals surface area (Å²) in [6, 6.07) is 20.5. The Kier molecular flexibility index (Phi) is 5.82. The minimum atomic E-state index is -0.701. The van der Waals surface area contributed by atoms with Crippen LogP contribution in [0.3, 0.4) is 0 Å². The molecule has 0 aliphatic rings. The minimum absolute atomic E-state index is 0.0951. The zero-order valence-corrected chi connectivity index (χ0v) is 17.9. The molecule has 4 aromatic carbocycles. The highest BCUT2D eigenvalue weighted by atomic mass is 16.6. The molecule has 164 valence electrons. The van der Waals surface area contributed by atoms with E-state index >= 15 is 0 Å². The lowest BCUT2D eigenvalue weighted by atomic mass is 10.0. The number of non-ortho nitro benzene ring substituents is 1. The maximum absolute atomic E-state index is 11.5. The van der Waals surface area contributed by atoms with Gasteiger partial charge in [0, 0.05) is 17.8 Å². The summed E-state index contributed by atoms with van der Waals surface area (Å²) in [6.45, 7) is 3.95. The van der Waals surface area contributed by atoms with Gasteiger partial charge in [-0.3, -0.25) is 25.2 Å². The lowest BCUT2D eigenvalue weighted by molar-refractivity contribution is -0.394. The molecule has 0 unspecified atom stereocenters. The largest absolute Gasteiger partial charge is 0.449 e. The van der Waals surface area contributed by atoms with E-state index in [1.54, 1.807) is 12.3 Å². The van der Waals surface area contributed by atoms with E-state index in [0.29, 0.717) is 11.3 Å². The number of rotatable bonds is 6. The standard InChI is InChI=1S/C25H19N3O5/c1-16-7-8-17(2)22(13-16)26-15-21-20-6-4-3-5-18(20)9-11-24(21)33-25-12-10-19(27(29)30)14-23(25)28(31)32/h3-15H,1-2H3. The number of aryl methyl sites for hydroxylation is 2. The van der Waals surface area contributed by atoms with E-state index in [9.17, 15) is 20.2 Å². The average molecular weight is 441 g/mol. The van der Waals surface area contributed by atoms with Crippen molar-refractivity contribution in [1.82, 2.24) is 0 Å². The van der Waals surface area contributed by atoms with Crippen LogP contribution in [0.15, 0.2) is 77.8 Å². The summed E-state index contributed by atoms with van der Waals surface area (Å²) in [6.07, 6.45) is 1.68. The van der Waals surface area contributed by atoms with Crippen molar-refractivity contribution >= 4 is 34.0 Å². The lowest BCUT2D eigenvalue weighted by Crippen LogP contribution is -1.98. The van der Waals surface area contributed by atoms with Crippen molar-refractivity contribution in [3.8, 4) is 11.5 Å². The Labute approximate surface area is 189 Å². The number of aliphatic imine (C=N–C) groups is 1. The predicted molar refractivity (Wildman–Crippen MR) is 127 cm³/mol. The van der Waals surface area contributed by atoms with Gasteiger partial charge in [0.2, 0.25) is 5.75 Å². The molecule has 0 radical (unpaired) electrons. The SMILES string of the molecule is Cc1ccc(C)c(N=Cc2c(Oc3ccc([N+](=O)[O-])cc3[N+](=O)[O-])ccc3ccccc23)c1. The highest BCUT2D eigenvalue weighted by Gasteiger charge is 2.22. The Morgan fingerprint density at radius 1 is 0.848 bits per heavy atom. The van der Waals surface area contributed by atoms with E-state index in [2.05, 4.69) is 4.99 Å². The quantitative estimate of drug-likeness (QED) is 0.185. The number of fused-ring (bicyclic) bond motifs is 1. The third kappa shape index (κ3) is 4.54. The van der Waals surface area contributed by atoms with Crippen molar-refractivity contribution in [3.05, 3.63) is 110 Å². The number of nitrogens with zero attached hydrogens (tertiary/aromatic N) is 3. The lowest BCUT2D eigenvalue weighted by Gasteiger charge is -2.12. The molecule has 8 nitrogen and oxygen atoms in total. The van der Waals surface area contributed by atoms with Crippen LogP contribution in [-0.4, -0.2) is 16.1 Å². The van der Waals surface area contributed by atoms with Crippen molar-refractivity contribution in [1.29, 1.82) is 0 Å². The van der Waals surface area contributed by atoms with Crippen molar-refractivity contribution in [2.75, 3.05) is 0 Å². The predicted octanol–water partition coefficient (Wildman–Crippen LogP) is 6.82. The highest BCUT2D eigenvalue weighted by Crippen LogP contribution is 2.37.